The van der Waals surface area contributed by atoms with Gasteiger partial charge in [0.25, 0.3) is 0 Å². The van der Waals surface area contributed by atoms with Gasteiger partial charge in [-0.15, -0.1) is 0 Å². The summed E-state index contributed by atoms with van der Waals surface area (Å²) in [5, 5.41) is 0.619. The van der Waals surface area contributed by atoms with Gasteiger partial charge in [0.15, 0.2) is 0 Å². The summed E-state index contributed by atoms with van der Waals surface area (Å²) in [6.45, 7) is 0. The van der Waals surface area contributed by atoms with Crippen LogP contribution in [0.1, 0.15) is 17.2 Å². The molecule has 5 heteroatoms. The van der Waals surface area contributed by atoms with E-state index in [0.717, 1.165) is 11.1 Å². The minimum absolute atomic E-state index is 0.106. The molecule has 2 rings (SSSR count). The van der Waals surface area contributed by atoms with Crippen LogP contribution in [0.4, 0.5) is 4.39 Å². The minimum atomic E-state index is -0.442. The van der Waals surface area contributed by atoms with Gasteiger partial charge in [-0.05, 0) is 35.7 Å². The number of rotatable bonds is 3. The maximum Gasteiger partial charge on any atom is 0.142 e. The van der Waals surface area contributed by atoms with E-state index in [0.29, 0.717) is 11.4 Å². The third kappa shape index (κ3) is 2.99. The summed E-state index contributed by atoms with van der Waals surface area (Å²) in [5.74, 6) is -0.442. The zero-order chi connectivity index (χ0) is 13.1. The molecule has 1 aromatic carbocycles. The lowest BCUT2D eigenvalue weighted by Crippen LogP contribution is -2.14. The summed E-state index contributed by atoms with van der Waals surface area (Å²) in [6, 6.07) is 6.12. The Morgan fingerprint density at radius 3 is 2.67 bits per heavy atom. The number of halogens is 3. The van der Waals surface area contributed by atoms with Gasteiger partial charge in [-0.3, -0.25) is 4.98 Å². The van der Waals surface area contributed by atoms with E-state index >= 15 is 0 Å². The molecule has 0 aliphatic rings. The standard InChI is InChI=1S/C13H11Cl2FN2/c14-10-2-1-8(5-12(10)16)6-13(17)9-3-4-18-7-11(9)15/h1-5,7,13H,6,17H2. The molecule has 0 aliphatic heterocycles. The van der Waals surface area contributed by atoms with Crippen molar-refractivity contribution < 1.29 is 4.39 Å². The predicted octanol–water partition coefficient (Wildman–Crippen LogP) is 3.77. The topological polar surface area (TPSA) is 38.9 Å². The van der Waals surface area contributed by atoms with Crippen molar-refractivity contribution in [3.8, 4) is 0 Å². The van der Waals surface area contributed by atoms with Crippen LogP contribution >= 0.6 is 23.2 Å². The summed E-state index contributed by atoms with van der Waals surface area (Å²) in [7, 11) is 0. The lowest BCUT2D eigenvalue weighted by Gasteiger charge is -2.13. The first kappa shape index (κ1) is 13.3. The highest BCUT2D eigenvalue weighted by molar-refractivity contribution is 6.31. The van der Waals surface area contributed by atoms with E-state index in [1.165, 1.54) is 12.1 Å². The van der Waals surface area contributed by atoms with Crippen molar-refractivity contribution in [2.24, 2.45) is 5.73 Å². The molecule has 0 saturated carbocycles. The Labute approximate surface area is 115 Å². The predicted molar refractivity (Wildman–Crippen MR) is 71.3 cm³/mol. The lowest BCUT2D eigenvalue weighted by atomic mass is 10.0. The molecule has 18 heavy (non-hydrogen) atoms. The highest BCUT2D eigenvalue weighted by atomic mass is 35.5. The molecule has 0 radical (unpaired) electrons. The zero-order valence-electron chi connectivity index (χ0n) is 9.41. The number of hydrogen-bond acceptors (Lipinski definition) is 2. The molecule has 1 atom stereocenters. The smallest absolute Gasteiger partial charge is 0.142 e. The number of benzene rings is 1. The number of nitrogens with two attached hydrogens (primary N) is 1. The second-order valence-electron chi connectivity index (χ2n) is 3.96. The first-order chi connectivity index (χ1) is 8.58. The second-order valence-corrected chi connectivity index (χ2v) is 4.77. The van der Waals surface area contributed by atoms with Crippen molar-refractivity contribution >= 4 is 23.2 Å². The fourth-order valence-electron chi connectivity index (χ4n) is 1.72. The van der Waals surface area contributed by atoms with Crippen LogP contribution in [0.15, 0.2) is 36.7 Å². The van der Waals surface area contributed by atoms with Gasteiger partial charge in [-0.1, -0.05) is 29.3 Å². The monoisotopic (exact) mass is 284 g/mol. The minimum Gasteiger partial charge on any atom is -0.324 e. The summed E-state index contributed by atoms with van der Waals surface area (Å²) in [6.07, 6.45) is 3.65. The van der Waals surface area contributed by atoms with Crippen molar-refractivity contribution in [3.63, 3.8) is 0 Å². The Kier molecular flexibility index (Phi) is 4.17. The van der Waals surface area contributed by atoms with Crippen LogP contribution in [0.3, 0.4) is 0 Å². The molecule has 1 aromatic heterocycles. The van der Waals surface area contributed by atoms with Crippen molar-refractivity contribution in [1.82, 2.24) is 4.98 Å². The SMILES string of the molecule is NC(Cc1ccc(Cl)c(F)c1)c1ccncc1Cl. The van der Waals surface area contributed by atoms with Gasteiger partial charge in [0.05, 0.1) is 10.0 Å². The quantitative estimate of drug-likeness (QED) is 0.932. The van der Waals surface area contributed by atoms with E-state index in [4.69, 9.17) is 28.9 Å². The van der Waals surface area contributed by atoms with Crippen LogP contribution in [-0.4, -0.2) is 4.98 Å². The van der Waals surface area contributed by atoms with E-state index in [1.807, 2.05) is 0 Å². The molecule has 2 aromatic rings. The van der Waals surface area contributed by atoms with E-state index in [9.17, 15) is 4.39 Å². The fraction of sp³-hybridized carbons (Fsp3) is 0.154. The molecule has 0 saturated heterocycles. The van der Waals surface area contributed by atoms with E-state index in [-0.39, 0.29) is 11.1 Å². The average Bonchev–Trinajstić information content (AvgIpc) is 2.34. The van der Waals surface area contributed by atoms with Gasteiger partial charge < -0.3 is 5.73 Å². The van der Waals surface area contributed by atoms with Crippen molar-refractivity contribution in [2.45, 2.75) is 12.5 Å². The highest BCUT2D eigenvalue weighted by Gasteiger charge is 2.11. The molecule has 94 valence electrons. The van der Waals surface area contributed by atoms with Gasteiger partial charge in [-0.2, -0.15) is 0 Å². The summed E-state index contributed by atoms with van der Waals surface area (Å²) in [5.41, 5.74) is 7.62. The fourth-order valence-corrected chi connectivity index (χ4v) is 2.09. The maximum atomic E-state index is 13.3. The van der Waals surface area contributed by atoms with Crippen LogP contribution in [0.5, 0.6) is 0 Å². The van der Waals surface area contributed by atoms with E-state index < -0.39 is 5.82 Å². The Morgan fingerprint density at radius 1 is 1.22 bits per heavy atom. The third-order valence-corrected chi connectivity index (χ3v) is 3.27. The van der Waals surface area contributed by atoms with E-state index in [1.54, 1.807) is 24.5 Å². The maximum absolute atomic E-state index is 13.3. The van der Waals surface area contributed by atoms with Crippen LogP contribution in [0, 0.1) is 5.82 Å². The summed E-state index contributed by atoms with van der Waals surface area (Å²) in [4.78, 5) is 3.90. The Morgan fingerprint density at radius 2 is 2.00 bits per heavy atom. The van der Waals surface area contributed by atoms with Gasteiger partial charge in [-0.25, -0.2) is 4.39 Å². The first-order valence-corrected chi connectivity index (χ1v) is 6.12. The molecule has 2 N–H and O–H groups in total. The summed E-state index contributed by atoms with van der Waals surface area (Å²) < 4.78 is 13.3. The highest BCUT2D eigenvalue weighted by Crippen LogP contribution is 2.24. The Balaban J connectivity index is 2.19. The lowest BCUT2D eigenvalue weighted by molar-refractivity contribution is 0.622. The molecule has 0 spiro atoms. The number of pyridine rings is 1. The zero-order valence-corrected chi connectivity index (χ0v) is 10.9. The molecule has 0 bridgehead atoms. The van der Waals surface area contributed by atoms with Crippen LogP contribution in [0.25, 0.3) is 0 Å². The van der Waals surface area contributed by atoms with Gasteiger partial charge in [0.1, 0.15) is 5.82 Å². The first-order valence-electron chi connectivity index (χ1n) is 5.37. The molecule has 0 amide bonds. The molecular formula is C13H11Cl2FN2. The largest absolute Gasteiger partial charge is 0.324 e. The number of aromatic nitrogens is 1. The van der Waals surface area contributed by atoms with E-state index in [2.05, 4.69) is 4.98 Å². The molecular weight excluding hydrogens is 274 g/mol. The molecule has 0 fully saturated rings. The Bertz CT molecular complexity index is 560. The Hall–Kier alpha value is -1.16. The number of nitrogens with zero attached hydrogens (tertiary/aromatic N) is 1. The third-order valence-electron chi connectivity index (χ3n) is 2.64. The van der Waals surface area contributed by atoms with Crippen molar-refractivity contribution in [3.05, 3.63) is 63.6 Å². The van der Waals surface area contributed by atoms with Gasteiger partial charge in [0, 0.05) is 18.4 Å². The van der Waals surface area contributed by atoms with Gasteiger partial charge in [0.2, 0.25) is 0 Å². The van der Waals surface area contributed by atoms with Crippen LogP contribution < -0.4 is 5.73 Å². The molecule has 0 aliphatic carbocycles. The van der Waals surface area contributed by atoms with Crippen LogP contribution in [0.2, 0.25) is 10.0 Å². The van der Waals surface area contributed by atoms with Crippen molar-refractivity contribution in [2.75, 3.05) is 0 Å². The average molecular weight is 285 g/mol. The number of hydrogen-bond donors (Lipinski definition) is 1. The van der Waals surface area contributed by atoms with Crippen LogP contribution in [-0.2, 0) is 6.42 Å². The normalized spacial score (nSPS) is 12.4. The summed E-state index contributed by atoms with van der Waals surface area (Å²) >= 11 is 11.6. The molecule has 2 nitrogen and oxygen atoms in total. The van der Waals surface area contributed by atoms with Crippen molar-refractivity contribution in [1.29, 1.82) is 0 Å². The second kappa shape index (κ2) is 5.65. The molecule has 1 heterocycles. The van der Waals surface area contributed by atoms with Gasteiger partial charge >= 0.3 is 0 Å². The molecule has 1 unspecified atom stereocenters.